The van der Waals surface area contributed by atoms with Crippen LogP contribution in [0.15, 0.2) is 42.5 Å². The van der Waals surface area contributed by atoms with Crippen molar-refractivity contribution in [1.29, 1.82) is 0 Å². The molecule has 150 valence electrons. The number of hydrogen-bond acceptors (Lipinski definition) is 2. The van der Waals surface area contributed by atoms with E-state index < -0.39 is 0 Å². The summed E-state index contributed by atoms with van der Waals surface area (Å²) in [6.45, 7) is 8.96. The number of aryl methyl sites for hydroxylation is 1. The van der Waals surface area contributed by atoms with Crippen LogP contribution in [-0.4, -0.2) is 23.4 Å². The molecule has 28 heavy (non-hydrogen) atoms. The number of carbonyl (C=O) groups is 1. The fraction of sp³-hybridized carbons (Fsp3) is 0.480. The predicted octanol–water partition coefficient (Wildman–Crippen LogP) is 5.55. The van der Waals surface area contributed by atoms with Crippen LogP contribution >= 0.6 is 0 Å². The Kier molecular flexibility index (Phi) is 6.90. The highest BCUT2D eigenvalue weighted by Gasteiger charge is 2.22. The molecule has 1 aliphatic rings. The number of benzene rings is 2. The maximum atomic E-state index is 11.5. The molecule has 1 amide bonds. The average molecular weight is 379 g/mol. The lowest BCUT2D eigenvalue weighted by Gasteiger charge is -2.35. The summed E-state index contributed by atoms with van der Waals surface area (Å²) in [6.07, 6.45) is 6.80. The quantitative estimate of drug-likeness (QED) is 0.686. The summed E-state index contributed by atoms with van der Waals surface area (Å²) in [5, 5.41) is 0. The molecule has 0 atom stereocenters. The molecule has 0 radical (unpaired) electrons. The molecule has 1 saturated carbocycles. The van der Waals surface area contributed by atoms with Gasteiger partial charge in [-0.2, -0.15) is 0 Å². The van der Waals surface area contributed by atoms with Gasteiger partial charge in [-0.25, -0.2) is 0 Å². The fourth-order valence-corrected chi connectivity index (χ4v) is 4.48. The maximum Gasteiger partial charge on any atom is 0.248 e. The molecule has 0 heterocycles. The van der Waals surface area contributed by atoms with Crippen molar-refractivity contribution in [3.05, 3.63) is 59.2 Å². The molecular weight excluding hydrogens is 344 g/mol. The number of nitrogens with two attached hydrogens (primary N) is 1. The number of amides is 1. The Morgan fingerprint density at radius 2 is 1.86 bits per heavy atom. The second kappa shape index (κ2) is 9.38. The lowest BCUT2D eigenvalue weighted by molar-refractivity contribution is 0.100. The first kappa shape index (κ1) is 20.6. The van der Waals surface area contributed by atoms with Gasteiger partial charge >= 0.3 is 0 Å². The van der Waals surface area contributed by atoms with Gasteiger partial charge in [0.05, 0.1) is 0 Å². The molecular formula is C25H34N2O. The molecule has 0 spiro atoms. The second-order valence-electron chi connectivity index (χ2n) is 8.71. The van der Waals surface area contributed by atoms with Crippen molar-refractivity contribution in [2.45, 2.75) is 65.5 Å². The summed E-state index contributed by atoms with van der Waals surface area (Å²) in [7, 11) is 0. The summed E-state index contributed by atoms with van der Waals surface area (Å²) < 4.78 is 0. The van der Waals surface area contributed by atoms with Crippen molar-refractivity contribution in [2.75, 3.05) is 6.54 Å². The molecule has 3 rings (SSSR count). The van der Waals surface area contributed by atoms with Crippen LogP contribution in [0.3, 0.4) is 0 Å². The van der Waals surface area contributed by atoms with E-state index in [1.54, 1.807) is 6.07 Å². The highest BCUT2D eigenvalue weighted by Crippen LogP contribution is 2.28. The van der Waals surface area contributed by atoms with E-state index in [1.807, 2.05) is 18.2 Å². The monoisotopic (exact) mass is 378 g/mol. The maximum absolute atomic E-state index is 11.5. The van der Waals surface area contributed by atoms with Crippen LogP contribution in [0.4, 0.5) is 0 Å². The summed E-state index contributed by atoms with van der Waals surface area (Å²) in [4.78, 5) is 14.2. The van der Waals surface area contributed by atoms with Crippen LogP contribution in [0.1, 0.15) is 67.4 Å². The highest BCUT2D eigenvalue weighted by atomic mass is 16.1. The zero-order chi connectivity index (χ0) is 20.1. The van der Waals surface area contributed by atoms with Crippen LogP contribution in [0, 0.1) is 12.8 Å². The van der Waals surface area contributed by atoms with Crippen molar-refractivity contribution in [2.24, 2.45) is 11.7 Å². The van der Waals surface area contributed by atoms with E-state index in [1.165, 1.54) is 48.8 Å². The zero-order valence-electron chi connectivity index (χ0n) is 17.6. The Morgan fingerprint density at radius 1 is 1.11 bits per heavy atom. The van der Waals surface area contributed by atoms with E-state index in [0.29, 0.717) is 11.5 Å². The summed E-state index contributed by atoms with van der Waals surface area (Å²) in [5.41, 5.74) is 10.8. The number of nitrogens with zero attached hydrogens (tertiary/aromatic N) is 1. The van der Waals surface area contributed by atoms with Gasteiger partial charge in [0.15, 0.2) is 0 Å². The Bertz CT molecular complexity index is 806. The first-order chi connectivity index (χ1) is 13.4. The zero-order valence-corrected chi connectivity index (χ0v) is 17.6. The molecule has 0 saturated heterocycles. The molecule has 1 fully saturated rings. The third kappa shape index (κ3) is 5.23. The highest BCUT2D eigenvalue weighted by molar-refractivity contribution is 5.94. The van der Waals surface area contributed by atoms with Gasteiger partial charge < -0.3 is 5.73 Å². The molecule has 0 unspecified atom stereocenters. The molecule has 2 aromatic rings. The molecule has 0 aliphatic heterocycles. The van der Waals surface area contributed by atoms with Crippen LogP contribution in [0.25, 0.3) is 11.1 Å². The van der Waals surface area contributed by atoms with Crippen LogP contribution < -0.4 is 5.73 Å². The Hall–Kier alpha value is -2.13. The molecule has 0 aromatic heterocycles. The van der Waals surface area contributed by atoms with Crippen LogP contribution in [0.2, 0.25) is 0 Å². The van der Waals surface area contributed by atoms with Crippen molar-refractivity contribution in [3.63, 3.8) is 0 Å². The number of hydrogen-bond donors (Lipinski definition) is 1. The summed E-state index contributed by atoms with van der Waals surface area (Å²) in [6, 6.07) is 15.1. The van der Waals surface area contributed by atoms with E-state index in [2.05, 4.69) is 43.9 Å². The van der Waals surface area contributed by atoms with Gasteiger partial charge in [0.1, 0.15) is 0 Å². The van der Waals surface area contributed by atoms with Crippen LogP contribution in [-0.2, 0) is 6.54 Å². The van der Waals surface area contributed by atoms with Crippen molar-refractivity contribution in [3.8, 4) is 11.1 Å². The van der Waals surface area contributed by atoms with Crippen LogP contribution in [0.5, 0.6) is 0 Å². The average Bonchev–Trinajstić information content (AvgIpc) is 2.68. The SMILES string of the molecule is Cc1cc(CN(CC(C)C)C2CCCCC2)ccc1-c1cccc(C(N)=O)c1. The summed E-state index contributed by atoms with van der Waals surface area (Å²) in [5.74, 6) is 0.298. The van der Waals surface area contributed by atoms with E-state index in [4.69, 9.17) is 5.73 Å². The molecule has 1 aliphatic carbocycles. The predicted molar refractivity (Wildman–Crippen MR) is 117 cm³/mol. The normalized spacial score (nSPS) is 15.3. The van der Waals surface area contributed by atoms with Gasteiger partial charge in [0.25, 0.3) is 0 Å². The Labute approximate surface area is 169 Å². The molecule has 2 aromatic carbocycles. The topological polar surface area (TPSA) is 46.3 Å². The number of rotatable bonds is 7. The van der Waals surface area contributed by atoms with Crippen molar-refractivity contribution in [1.82, 2.24) is 4.90 Å². The Balaban J connectivity index is 1.80. The molecule has 3 heteroatoms. The van der Waals surface area contributed by atoms with Gasteiger partial charge in [-0.05, 0) is 60.1 Å². The lowest BCUT2D eigenvalue weighted by atomic mass is 9.92. The van der Waals surface area contributed by atoms with Gasteiger partial charge in [-0.3, -0.25) is 9.69 Å². The minimum absolute atomic E-state index is 0.382. The van der Waals surface area contributed by atoms with Gasteiger partial charge in [0, 0.05) is 24.7 Å². The minimum Gasteiger partial charge on any atom is -0.366 e. The molecule has 2 N–H and O–H groups in total. The third-order valence-corrected chi connectivity index (χ3v) is 5.83. The lowest BCUT2D eigenvalue weighted by Crippen LogP contribution is -2.38. The first-order valence-corrected chi connectivity index (χ1v) is 10.7. The third-order valence-electron chi connectivity index (χ3n) is 5.83. The summed E-state index contributed by atoms with van der Waals surface area (Å²) >= 11 is 0. The van der Waals surface area contributed by atoms with Crippen molar-refractivity contribution >= 4 is 5.91 Å². The van der Waals surface area contributed by atoms with Crippen molar-refractivity contribution < 1.29 is 4.79 Å². The number of primary amides is 1. The smallest absolute Gasteiger partial charge is 0.248 e. The fourth-order valence-electron chi connectivity index (χ4n) is 4.48. The first-order valence-electron chi connectivity index (χ1n) is 10.7. The molecule has 0 bridgehead atoms. The van der Waals surface area contributed by atoms with E-state index in [9.17, 15) is 4.79 Å². The molecule has 3 nitrogen and oxygen atoms in total. The van der Waals surface area contributed by atoms with E-state index in [-0.39, 0.29) is 5.91 Å². The largest absolute Gasteiger partial charge is 0.366 e. The van der Waals surface area contributed by atoms with E-state index >= 15 is 0 Å². The number of carbonyl (C=O) groups excluding carboxylic acids is 1. The minimum atomic E-state index is -0.382. The standard InChI is InChI=1S/C25H34N2O/c1-18(2)16-27(23-10-5-4-6-11-23)17-20-12-13-24(19(3)14-20)21-8-7-9-22(15-21)25(26)28/h7-9,12-15,18,23H,4-6,10-11,16-17H2,1-3H3,(H2,26,28). The second-order valence-corrected chi connectivity index (χ2v) is 8.71. The van der Waals surface area contributed by atoms with Gasteiger partial charge in [0.2, 0.25) is 5.91 Å². The van der Waals surface area contributed by atoms with E-state index in [0.717, 1.165) is 24.7 Å². The van der Waals surface area contributed by atoms with Gasteiger partial charge in [-0.15, -0.1) is 0 Å². The Morgan fingerprint density at radius 3 is 2.50 bits per heavy atom. The van der Waals surface area contributed by atoms with Gasteiger partial charge in [-0.1, -0.05) is 63.4 Å².